The van der Waals surface area contributed by atoms with Crippen LogP contribution in [0.1, 0.15) is 31.3 Å². The van der Waals surface area contributed by atoms with E-state index in [2.05, 4.69) is 20.6 Å². The molecule has 0 fully saturated rings. The lowest BCUT2D eigenvalue weighted by atomic mass is 10.1. The molecule has 2 amide bonds. The first-order valence-corrected chi connectivity index (χ1v) is 9.10. The molecular formula is C21H24N4O3. The molecule has 0 atom stereocenters. The highest BCUT2D eigenvalue weighted by molar-refractivity contribution is 5.98. The summed E-state index contributed by atoms with van der Waals surface area (Å²) in [4.78, 5) is 31.1. The van der Waals surface area contributed by atoms with Crippen molar-refractivity contribution in [1.82, 2.24) is 20.6 Å². The Morgan fingerprint density at radius 1 is 1.00 bits per heavy atom. The van der Waals surface area contributed by atoms with E-state index in [-0.39, 0.29) is 12.5 Å². The molecule has 0 radical (unpaired) electrons. The molecule has 0 spiro atoms. The van der Waals surface area contributed by atoms with Gasteiger partial charge in [0.15, 0.2) is 0 Å². The van der Waals surface area contributed by atoms with Crippen molar-refractivity contribution in [2.75, 3.05) is 13.1 Å². The van der Waals surface area contributed by atoms with E-state index < -0.39 is 11.7 Å². The van der Waals surface area contributed by atoms with Crippen molar-refractivity contribution in [2.24, 2.45) is 0 Å². The van der Waals surface area contributed by atoms with E-state index in [1.54, 1.807) is 33.2 Å². The van der Waals surface area contributed by atoms with Crippen LogP contribution in [0.3, 0.4) is 0 Å². The molecule has 0 aliphatic carbocycles. The third kappa shape index (κ3) is 5.09. The van der Waals surface area contributed by atoms with Gasteiger partial charge in [0.25, 0.3) is 5.91 Å². The first kappa shape index (κ1) is 19.4. The molecule has 28 heavy (non-hydrogen) atoms. The van der Waals surface area contributed by atoms with Crippen LogP contribution in [0.25, 0.3) is 22.0 Å². The summed E-state index contributed by atoms with van der Waals surface area (Å²) >= 11 is 0. The fourth-order valence-electron chi connectivity index (χ4n) is 2.73. The number of H-pyrrole nitrogens is 1. The van der Waals surface area contributed by atoms with Gasteiger partial charge in [-0.1, -0.05) is 6.07 Å². The van der Waals surface area contributed by atoms with Gasteiger partial charge in [-0.3, -0.25) is 9.78 Å². The van der Waals surface area contributed by atoms with Crippen molar-refractivity contribution in [3.63, 3.8) is 0 Å². The summed E-state index contributed by atoms with van der Waals surface area (Å²) in [6.45, 7) is 5.97. The van der Waals surface area contributed by atoms with Gasteiger partial charge in [0.2, 0.25) is 0 Å². The van der Waals surface area contributed by atoms with Crippen LogP contribution in [0.5, 0.6) is 0 Å². The van der Waals surface area contributed by atoms with Crippen LogP contribution in [0, 0.1) is 0 Å². The lowest BCUT2D eigenvalue weighted by Gasteiger charge is -2.19. The zero-order chi connectivity index (χ0) is 20.1. The topological polar surface area (TPSA) is 96.1 Å². The van der Waals surface area contributed by atoms with E-state index in [1.807, 2.05) is 36.4 Å². The Hall–Kier alpha value is -3.35. The van der Waals surface area contributed by atoms with Gasteiger partial charge in [0, 0.05) is 36.4 Å². The Kier molecular flexibility index (Phi) is 5.63. The minimum Gasteiger partial charge on any atom is -0.444 e. The van der Waals surface area contributed by atoms with Gasteiger partial charge in [0.1, 0.15) is 11.3 Å². The first-order chi connectivity index (χ1) is 13.3. The highest BCUT2D eigenvalue weighted by Gasteiger charge is 2.15. The van der Waals surface area contributed by atoms with Gasteiger partial charge in [-0.25, -0.2) is 4.79 Å². The average Bonchev–Trinajstić information content (AvgIpc) is 3.08. The van der Waals surface area contributed by atoms with Gasteiger partial charge in [-0.05, 0) is 62.2 Å². The largest absolute Gasteiger partial charge is 0.444 e. The van der Waals surface area contributed by atoms with Crippen molar-refractivity contribution in [3.05, 3.63) is 54.5 Å². The number of fused-ring (bicyclic) bond motifs is 1. The van der Waals surface area contributed by atoms with Gasteiger partial charge in [0.05, 0.1) is 0 Å². The van der Waals surface area contributed by atoms with Crippen LogP contribution < -0.4 is 10.6 Å². The predicted octanol–water partition coefficient (Wildman–Crippen LogP) is 3.48. The molecule has 146 valence electrons. The van der Waals surface area contributed by atoms with Crippen LogP contribution in [0.2, 0.25) is 0 Å². The van der Waals surface area contributed by atoms with Crippen LogP contribution in [0.4, 0.5) is 4.79 Å². The summed E-state index contributed by atoms with van der Waals surface area (Å²) in [5, 5.41) is 6.33. The molecule has 0 saturated carbocycles. The van der Waals surface area contributed by atoms with E-state index >= 15 is 0 Å². The van der Waals surface area contributed by atoms with Crippen molar-refractivity contribution in [2.45, 2.75) is 26.4 Å². The molecule has 3 aromatic rings. The first-order valence-electron chi connectivity index (χ1n) is 9.10. The maximum atomic E-state index is 12.3. The smallest absolute Gasteiger partial charge is 0.407 e. The number of carbonyl (C=O) groups excluding carboxylic acids is 2. The number of amides is 2. The van der Waals surface area contributed by atoms with Crippen LogP contribution in [-0.2, 0) is 4.74 Å². The summed E-state index contributed by atoms with van der Waals surface area (Å²) < 4.78 is 5.14. The summed E-state index contributed by atoms with van der Waals surface area (Å²) in [5.41, 5.74) is 2.93. The minimum atomic E-state index is -0.549. The average molecular weight is 380 g/mol. The third-order valence-electron chi connectivity index (χ3n) is 3.96. The highest BCUT2D eigenvalue weighted by atomic mass is 16.6. The van der Waals surface area contributed by atoms with E-state index in [0.717, 1.165) is 22.0 Å². The zero-order valence-electron chi connectivity index (χ0n) is 16.2. The van der Waals surface area contributed by atoms with Crippen LogP contribution in [-0.4, -0.2) is 40.7 Å². The summed E-state index contributed by atoms with van der Waals surface area (Å²) in [5.74, 6) is -0.229. The number of nitrogens with zero attached hydrogens (tertiary/aromatic N) is 1. The summed E-state index contributed by atoms with van der Waals surface area (Å²) in [6.07, 6.45) is 3.00. The molecule has 0 saturated heterocycles. The third-order valence-corrected chi connectivity index (χ3v) is 3.96. The molecule has 0 unspecified atom stereocenters. The SMILES string of the molecule is CC(C)(C)OC(=O)NCCNC(=O)c1cc2cc(-c3ccncc3)ccc2[nH]1. The van der Waals surface area contributed by atoms with Crippen molar-refractivity contribution >= 4 is 22.9 Å². The fourth-order valence-corrected chi connectivity index (χ4v) is 2.73. The van der Waals surface area contributed by atoms with Gasteiger partial charge >= 0.3 is 6.09 Å². The number of nitrogens with one attached hydrogen (secondary N) is 3. The number of pyridine rings is 1. The van der Waals surface area contributed by atoms with Crippen molar-refractivity contribution in [1.29, 1.82) is 0 Å². The highest BCUT2D eigenvalue weighted by Crippen LogP contribution is 2.24. The van der Waals surface area contributed by atoms with Gasteiger partial charge < -0.3 is 20.4 Å². The van der Waals surface area contributed by atoms with Gasteiger partial charge in [-0.2, -0.15) is 0 Å². The molecule has 3 rings (SSSR count). The fraction of sp³-hybridized carbons (Fsp3) is 0.286. The predicted molar refractivity (Wildman–Crippen MR) is 108 cm³/mol. The molecule has 0 bridgehead atoms. The standard InChI is InChI=1S/C21H24N4O3/c1-21(2,3)28-20(27)24-11-10-23-19(26)18-13-16-12-15(4-5-17(16)25-18)14-6-8-22-9-7-14/h4-9,12-13,25H,10-11H2,1-3H3,(H,23,26)(H,24,27). The number of aromatic nitrogens is 2. The molecule has 1 aromatic carbocycles. The monoisotopic (exact) mass is 380 g/mol. The minimum absolute atomic E-state index is 0.229. The van der Waals surface area contributed by atoms with Gasteiger partial charge in [-0.15, -0.1) is 0 Å². The molecule has 2 aromatic heterocycles. The number of ether oxygens (including phenoxy) is 1. The maximum Gasteiger partial charge on any atom is 0.407 e. The Bertz CT molecular complexity index is 974. The molecule has 7 heteroatoms. The summed E-state index contributed by atoms with van der Waals surface area (Å²) in [7, 11) is 0. The zero-order valence-corrected chi connectivity index (χ0v) is 16.2. The second-order valence-corrected chi connectivity index (χ2v) is 7.41. The van der Waals surface area contributed by atoms with Crippen molar-refractivity contribution in [3.8, 4) is 11.1 Å². The molecule has 3 N–H and O–H groups in total. The van der Waals surface area contributed by atoms with Crippen molar-refractivity contribution < 1.29 is 14.3 Å². The number of rotatable bonds is 5. The molecular weight excluding hydrogens is 356 g/mol. The molecule has 0 aliphatic heterocycles. The molecule has 2 heterocycles. The Balaban J connectivity index is 1.58. The summed E-state index contributed by atoms with van der Waals surface area (Å²) in [6, 6.07) is 11.7. The Morgan fingerprint density at radius 2 is 1.71 bits per heavy atom. The lowest BCUT2D eigenvalue weighted by molar-refractivity contribution is 0.0526. The van der Waals surface area contributed by atoms with E-state index in [9.17, 15) is 9.59 Å². The maximum absolute atomic E-state index is 12.3. The number of carbonyl (C=O) groups is 2. The second kappa shape index (κ2) is 8.12. The van der Waals surface area contributed by atoms with E-state index in [1.165, 1.54) is 0 Å². The van der Waals surface area contributed by atoms with Crippen LogP contribution >= 0.6 is 0 Å². The number of hydrogen-bond acceptors (Lipinski definition) is 4. The van der Waals surface area contributed by atoms with E-state index in [4.69, 9.17) is 4.74 Å². The number of hydrogen-bond donors (Lipinski definition) is 3. The number of benzene rings is 1. The molecule has 0 aliphatic rings. The lowest BCUT2D eigenvalue weighted by Crippen LogP contribution is -2.37. The van der Waals surface area contributed by atoms with Crippen LogP contribution in [0.15, 0.2) is 48.8 Å². The second-order valence-electron chi connectivity index (χ2n) is 7.41. The quantitative estimate of drug-likeness (QED) is 0.591. The molecule has 7 nitrogen and oxygen atoms in total. The van der Waals surface area contributed by atoms with E-state index in [0.29, 0.717) is 12.2 Å². The number of alkyl carbamates (subject to hydrolysis) is 1. The Labute approximate surface area is 163 Å². The number of aromatic amines is 1. The Morgan fingerprint density at radius 3 is 2.43 bits per heavy atom. The normalized spacial score (nSPS) is 11.2.